The smallest absolute Gasteiger partial charge is 0.266 e. The van der Waals surface area contributed by atoms with Crippen LogP contribution in [0.1, 0.15) is 43.9 Å². The monoisotopic (exact) mass is 464 g/mol. The third-order valence-electron chi connectivity index (χ3n) is 7.90. The van der Waals surface area contributed by atoms with Gasteiger partial charge in [-0.1, -0.05) is 57.2 Å². The first-order chi connectivity index (χ1) is 16.5. The Morgan fingerprint density at radius 1 is 0.657 bits per heavy atom. The van der Waals surface area contributed by atoms with Crippen LogP contribution in [0.25, 0.3) is 27.2 Å². The molecule has 6 heteroatoms. The average Bonchev–Trinajstić information content (AvgIpc) is 3.32. The minimum absolute atomic E-state index is 0.0376. The summed E-state index contributed by atoms with van der Waals surface area (Å²) in [6.07, 6.45) is 0.952. The fourth-order valence-electron chi connectivity index (χ4n) is 6.19. The van der Waals surface area contributed by atoms with Crippen molar-refractivity contribution in [3.63, 3.8) is 0 Å². The molecule has 0 fully saturated rings. The van der Waals surface area contributed by atoms with E-state index in [0.717, 1.165) is 21.1 Å². The Bertz CT molecular complexity index is 1820. The van der Waals surface area contributed by atoms with E-state index in [1.165, 1.54) is 30.3 Å². The Balaban J connectivity index is 1.50. The van der Waals surface area contributed by atoms with Crippen molar-refractivity contribution >= 4 is 21.5 Å². The number of aromatic nitrogens is 2. The van der Waals surface area contributed by atoms with Crippen LogP contribution in [0.4, 0.5) is 0 Å². The molecule has 1 aliphatic carbocycles. The predicted octanol–water partition coefficient (Wildman–Crippen LogP) is 3.43. The highest BCUT2D eigenvalue weighted by Crippen LogP contribution is 2.52. The molecule has 0 saturated heterocycles. The van der Waals surface area contributed by atoms with Crippen molar-refractivity contribution in [1.29, 1.82) is 0 Å². The van der Waals surface area contributed by atoms with Gasteiger partial charge in [0, 0.05) is 12.5 Å². The van der Waals surface area contributed by atoms with E-state index in [1.54, 1.807) is 12.1 Å². The highest BCUT2D eigenvalue weighted by Gasteiger charge is 2.45. The van der Waals surface area contributed by atoms with Gasteiger partial charge in [0.15, 0.2) is 0 Å². The second-order valence-corrected chi connectivity index (χ2v) is 10.5. The molecule has 6 nitrogen and oxygen atoms in total. The summed E-state index contributed by atoms with van der Waals surface area (Å²) in [5.41, 5.74) is 2.15. The van der Waals surface area contributed by atoms with Crippen molar-refractivity contribution in [1.82, 2.24) is 9.13 Å². The molecular weight excluding hydrogens is 440 g/mol. The lowest BCUT2D eigenvalue weighted by atomic mass is 9.75. The number of rotatable bonds is 2. The fourth-order valence-corrected chi connectivity index (χ4v) is 6.19. The van der Waals surface area contributed by atoms with Crippen LogP contribution in [0.5, 0.6) is 0 Å². The third kappa shape index (κ3) is 2.71. The van der Waals surface area contributed by atoms with Gasteiger partial charge in [-0.05, 0) is 52.8 Å². The van der Waals surface area contributed by atoms with Crippen molar-refractivity contribution in [3.8, 4) is 5.69 Å². The van der Waals surface area contributed by atoms with Crippen LogP contribution in [0.2, 0.25) is 0 Å². The molecule has 0 radical (unpaired) electrons. The third-order valence-corrected chi connectivity index (χ3v) is 7.90. The lowest BCUT2D eigenvalue weighted by Crippen LogP contribution is -2.25. The number of hydrogen-bond donors (Lipinski definition) is 0. The van der Waals surface area contributed by atoms with Gasteiger partial charge in [-0.3, -0.25) is 23.7 Å². The standard InChI is InChI=1S/C29H24N2O4/c1-28(2)15-29(3,23-8-6-5-7-22(23)28)16-9-11-17(12-10-16)31-26(34)20-13-18-19(14-21(20)27(31)35)25(33)30(4)24(18)32/h5-14H,15H2,1-4H3. The van der Waals surface area contributed by atoms with Crippen LogP contribution in [0.3, 0.4) is 0 Å². The van der Waals surface area contributed by atoms with E-state index in [2.05, 4.69) is 45.0 Å². The van der Waals surface area contributed by atoms with Crippen LogP contribution in [0.15, 0.2) is 79.8 Å². The highest BCUT2D eigenvalue weighted by molar-refractivity contribution is 5.98. The second-order valence-electron chi connectivity index (χ2n) is 10.5. The summed E-state index contributed by atoms with van der Waals surface area (Å²) in [7, 11) is 1.39. The van der Waals surface area contributed by atoms with Crippen LogP contribution in [-0.4, -0.2) is 9.13 Å². The number of nitrogens with zero attached hydrogens (tertiary/aromatic N) is 2. The summed E-state index contributed by atoms with van der Waals surface area (Å²) < 4.78 is 2.12. The zero-order chi connectivity index (χ0) is 24.9. The maximum absolute atomic E-state index is 13.2. The zero-order valence-electron chi connectivity index (χ0n) is 20.0. The Kier molecular flexibility index (Phi) is 4.14. The Morgan fingerprint density at radius 3 is 1.69 bits per heavy atom. The molecular formula is C29H24N2O4. The van der Waals surface area contributed by atoms with E-state index in [1.807, 2.05) is 12.1 Å². The molecule has 1 unspecified atom stereocenters. The molecule has 1 aliphatic rings. The van der Waals surface area contributed by atoms with Crippen LogP contribution < -0.4 is 22.2 Å². The van der Waals surface area contributed by atoms with Crippen molar-refractivity contribution in [2.24, 2.45) is 7.05 Å². The van der Waals surface area contributed by atoms with Gasteiger partial charge < -0.3 is 0 Å². The first kappa shape index (κ1) is 21.5. The molecule has 2 heterocycles. The zero-order valence-corrected chi connectivity index (χ0v) is 20.0. The summed E-state index contributed by atoms with van der Waals surface area (Å²) in [6.45, 7) is 6.76. The first-order valence-electron chi connectivity index (χ1n) is 11.6. The van der Waals surface area contributed by atoms with Gasteiger partial charge in [0.25, 0.3) is 22.2 Å². The minimum Gasteiger partial charge on any atom is -0.277 e. The van der Waals surface area contributed by atoms with Gasteiger partial charge in [-0.25, -0.2) is 4.57 Å². The summed E-state index contributed by atoms with van der Waals surface area (Å²) in [5, 5.41) is 0.607. The van der Waals surface area contributed by atoms with Gasteiger partial charge in [0.2, 0.25) is 0 Å². The topological polar surface area (TPSA) is 78.1 Å². The molecule has 0 spiro atoms. The van der Waals surface area contributed by atoms with Gasteiger partial charge in [-0.15, -0.1) is 0 Å². The van der Waals surface area contributed by atoms with Gasteiger partial charge in [0.1, 0.15) is 0 Å². The number of benzene rings is 3. The summed E-state index contributed by atoms with van der Waals surface area (Å²) in [6, 6.07) is 18.8. The molecule has 0 amide bonds. The van der Waals surface area contributed by atoms with Gasteiger partial charge in [-0.2, -0.15) is 0 Å². The summed E-state index contributed by atoms with van der Waals surface area (Å²) >= 11 is 0. The Morgan fingerprint density at radius 2 is 1.14 bits per heavy atom. The molecule has 3 aromatic carbocycles. The Labute approximate surface area is 200 Å². The maximum atomic E-state index is 13.2. The van der Waals surface area contributed by atoms with E-state index < -0.39 is 22.2 Å². The number of hydrogen-bond acceptors (Lipinski definition) is 4. The molecule has 0 saturated carbocycles. The molecule has 0 aliphatic heterocycles. The second kappa shape index (κ2) is 6.75. The van der Waals surface area contributed by atoms with Crippen molar-refractivity contribution in [2.75, 3.05) is 0 Å². The fraction of sp³-hybridized carbons (Fsp3) is 0.241. The predicted molar refractivity (Wildman–Crippen MR) is 138 cm³/mol. The van der Waals surface area contributed by atoms with E-state index >= 15 is 0 Å². The lowest BCUT2D eigenvalue weighted by molar-refractivity contribution is 0.425. The first-order valence-corrected chi connectivity index (χ1v) is 11.6. The van der Waals surface area contributed by atoms with Crippen molar-refractivity contribution in [3.05, 3.63) is 119 Å². The lowest BCUT2D eigenvalue weighted by Gasteiger charge is -2.28. The molecule has 35 heavy (non-hydrogen) atoms. The molecule has 174 valence electrons. The maximum Gasteiger partial charge on any atom is 0.266 e. The molecule has 0 N–H and O–H groups in total. The summed E-state index contributed by atoms with van der Waals surface area (Å²) in [5.74, 6) is 0. The highest BCUT2D eigenvalue weighted by atomic mass is 16.2. The van der Waals surface area contributed by atoms with Crippen LogP contribution in [0, 0.1) is 0 Å². The largest absolute Gasteiger partial charge is 0.277 e. The van der Waals surface area contributed by atoms with Crippen LogP contribution >= 0.6 is 0 Å². The minimum atomic E-state index is -0.492. The van der Waals surface area contributed by atoms with Gasteiger partial charge in [0.05, 0.1) is 27.2 Å². The quantitative estimate of drug-likeness (QED) is 0.401. The van der Waals surface area contributed by atoms with Crippen LogP contribution in [-0.2, 0) is 17.9 Å². The SMILES string of the molecule is Cn1c(=O)c2cc3c(=O)n(-c4ccc(C5(C)CC(C)(C)c6ccccc65)cc4)c(=O)c3cc2c1=O. The average molecular weight is 465 g/mol. The van der Waals surface area contributed by atoms with Crippen molar-refractivity contribution < 1.29 is 0 Å². The Hall–Kier alpha value is -4.06. The number of fused-ring (bicyclic) bond motifs is 3. The summed E-state index contributed by atoms with van der Waals surface area (Å²) in [4.78, 5) is 51.2. The van der Waals surface area contributed by atoms with Crippen molar-refractivity contribution in [2.45, 2.75) is 38.0 Å². The molecule has 5 aromatic rings. The van der Waals surface area contributed by atoms with E-state index in [-0.39, 0.29) is 32.4 Å². The van der Waals surface area contributed by atoms with E-state index in [4.69, 9.17) is 0 Å². The normalized spacial score (nSPS) is 19.0. The molecule has 0 bridgehead atoms. The van der Waals surface area contributed by atoms with Gasteiger partial charge >= 0.3 is 0 Å². The van der Waals surface area contributed by atoms with E-state index in [9.17, 15) is 19.2 Å². The van der Waals surface area contributed by atoms with E-state index in [0.29, 0.717) is 5.69 Å². The molecule has 6 rings (SSSR count). The molecule has 1 atom stereocenters. The molecule has 2 aromatic heterocycles.